The SMILES string of the molecule is CCOc1ccc(C2C(C(=O)c3sc4nc5ccccc5n4c3C)=C(O)C(=O)N2CCCN(C)C)cc1. The van der Waals surface area contributed by atoms with E-state index in [0.717, 1.165) is 28.8 Å². The lowest BCUT2D eigenvalue weighted by molar-refractivity contribution is -0.129. The van der Waals surface area contributed by atoms with Gasteiger partial charge in [0.1, 0.15) is 5.75 Å². The highest BCUT2D eigenvalue weighted by atomic mass is 32.1. The van der Waals surface area contributed by atoms with Crippen LogP contribution >= 0.6 is 11.3 Å². The first-order chi connectivity index (χ1) is 17.8. The molecule has 2 aromatic heterocycles. The third-order valence-corrected chi connectivity index (χ3v) is 7.79. The minimum absolute atomic E-state index is 0.107. The zero-order valence-corrected chi connectivity index (χ0v) is 22.2. The quantitative estimate of drug-likeness (QED) is 0.321. The van der Waals surface area contributed by atoms with E-state index in [0.29, 0.717) is 35.2 Å². The molecule has 0 fully saturated rings. The molecule has 5 rings (SSSR count). The number of benzene rings is 2. The summed E-state index contributed by atoms with van der Waals surface area (Å²) < 4.78 is 7.54. The number of ketones is 1. The Morgan fingerprint density at radius 1 is 1.16 bits per heavy atom. The minimum atomic E-state index is -0.691. The van der Waals surface area contributed by atoms with Gasteiger partial charge in [-0.1, -0.05) is 35.6 Å². The van der Waals surface area contributed by atoms with Gasteiger partial charge >= 0.3 is 0 Å². The lowest BCUT2D eigenvalue weighted by atomic mass is 9.95. The number of fused-ring (bicyclic) bond motifs is 3. The third-order valence-electron chi connectivity index (χ3n) is 6.65. The average Bonchev–Trinajstić information content (AvgIpc) is 3.49. The molecule has 0 spiro atoms. The molecule has 4 aromatic rings. The third kappa shape index (κ3) is 4.38. The van der Waals surface area contributed by atoms with Crippen LogP contribution in [0.2, 0.25) is 0 Å². The van der Waals surface area contributed by atoms with Gasteiger partial charge in [0.25, 0.3) is 5.91 Å². The molecule has 1 N–H and O–H groups in total. The van der Waals surface area contributed by atoms with Crippen molar-refractivity contribution in [3.8, 4) is 5.75 Å². The number of hydrogen-bond acceptors (Lipinski definition) is 7. The van der Waals surface area contributed by atoms with Gasteiger partial charge in [0, 0.05) is 12.2 Å². The zero-order chi connectivity index (χ0) is 26.3. The first-order valence-electron chi connectivity index (χ1n) is 12.3. The van der Waals surface area contributed by atoms with E-state index >= 15 is 0 Å². The fourth-order valence-corrected chi connectivity index (χ4v) is 6.02. The summed E-state index contributed by atoms with van der Waals surface area (Å²) in [6.45, 7) is 5.51. The standard InChI is InChI=1S/C28H30N4O4S/c1-5-36-19-13-11-18(12-14-19)23-22(25(34)27(35)31(23)16-8-15-30(3)4)24(33)26-17(2)32-21-10-7-6-9-20(21)29-28(32)37-26/h6-7,9-14,23,34H,5,8,15-16H2,1-4H3. The van der Waals surface area contributed by atoms with Crippen molar-refractivity contribution in [2.45, 2.75) is 26.3 Å². The fraction of sp³-hybridized carbons (Fsp3) is 0.321. The molecule has 1 amide bonds. The number of ether oxygens (including phenoxy) is 1. The van der Waals surface area contributed by atoms with Gasteiger partial charge in [0.15, 0.2) is 10.7 Å². The van der Waals surface area contributed by atoms with Crippen molar-refractivity contribution >= 4 is 39.0 Å². The number of aliphatic hydroxyl groups is 1. The molecule has 0 radical (unpaired) electrons. The molecule has 37 heavy (non-hydrogen) atoms. The number of aliphatic hydroxyl groups excluding tert-OH is 1. The number of rotatable bonds is 9. The number of aromatic nitrogens is 2. The Bertz CT molecular complexity index is 1520. The normalized spacial score (nSPS) is 16.1. The Balaban J connectivity index is 1.57. The number of hydrogen-bond donors (Lipinski definition) is 1. The van der Waals surface area contributed by atoms with Crippen LogP contribution in [0.15, 0.2) is 59.9 Å². The molecule has 0 saturated carbocycles. The molecule has 0 aliphatic carbocycles. The average molecular weight is 519 g/mol. The van der Waals surface area contributed by atoms with Crippen molar-refractivity contribution in [3.05, 3.63) is 76.0 Å². The van der Waals surface area contributed by atoms with Crippen molar-refractivity contribution in [2.24, 2.45) is 0 Å². The Morgan fingerprint density at radius 3 is 2.59 bits per heavy atom. The van der Waals surface area contributed by atoms with Gasteiger partial charge in [-0.15, -0.1) is 0 Å². The molecule has 1 aliphatic heterocycles. The molecule has 192 valence electrons. The molecule has 9 heteroatoms. The molecular weight excluding hydrogens is 488 g/mol. The highest BCUT2D eigenvalue weighted by molar-refractivity contribution is 7.19. The predicted molar refractivity (Wildman–Crippen MR) is 145 cm³/mol. The molecule has 8 nitrogen and oxygen atoms in total. The number of amides is 1. The molecule has 1 aliphatic rings. The monoisotopic (exact) mass is 518 g/mol. The van der Waals surface area contributed by atoms with Gasteiger partial charge in [-0.25, -0.2) is 4.98 Å². The largest absolute Gasteiger partial charge is 0.503 e. The fourth-order valence-electron chi connectivity index (χ4n) is 4.93. The summed E-state index contributed by atoms with van der Waals surface area (Å²) >= 11 is 1.28. The maximum atomic E-state index is 14.0. The number of aryl methyl sites for hydroxylation is 1. The molecule has 3 heterocycles. The highest BCUT2D eigenvalue weighted by Gasteiger charge is 2.44. The first-order valence-corrected chi connectivity index (χ1v) is 13.2. The molecule has 1 atom stereocenters. The zero-order valence-electron chi connectivity index (χ0n) is 21.4. The van der Waals surface area contributed by atoms with Crippen LogP contribution in [0.4, 0.5) is 0 Å². The Kier molecular flexibility index (Phi) is 6.74. The van der Waals surface area contributed by atoms with Crippen LogP contribution in [0.5, 0.6) is 5.75 Å². The van der Waals surface area contributed by atoms with E-state index in [1.807, 2.05) is 85.8 Å². The Morgan fingerprint density at radius 2 is 1.89 bits per heavy atom. The highest BCUT2D eigenvalue weighted by Crippen LogP contribution is 2.41. The van der Waals surface area contributed by atoms with E-state index in [-0.39, 0.29) is 11.4 Å². The van der Waals surface area contributed by atoms with Crippen LogP contribution in [-0.2, 0) is 4.79 Å². The van der Waals surface area contributed by atoms with Crippen LogP contribution in [0.1, 0.15) is 40.3 Å². The number of carbonyl (C=O) groups excluding carboxylic acids is 2. The Labute approximate surface area is 219 Å². The second-order valence-electron chi connectivity index (χ2n) is 9.39. The van der Waals surface area contributed by atoms with Crippen molar-refractivity contribution < 1.29 is 19.4 Å². The number of Topliss-reactive ketones (excluding diaryl/α,β-unsaturated/α-hetero) is 1. The van der Waals surface area contributed by atoms with Crippen LogP contribution < -0.4 is 4.74 Å². The number of para-hydroxylation sites is 2. The topological polar surface area (TPSA) is 87.4 Å². The first kappa shape index (κ1) is 25.0. The Hall–Kier alpha value is -3.69. The number of nitrogens with zero attached hydrogens (tertiary/aromatic N) is 4. The predicted octanol–water partition coefficient (Wildman–Crippen LogP) is 4.79. The lowest BCUT2D eigenvalue weighted by Crippen LogP contribution is -2.33. The summed E-state index contributed by atoms with van der Waals surface area (Å²) in [6, 6.07) is 14.5. The van der Waals surface area contributed by atoms with Crippen molar-refractivity contribution in [3.63, 3.8) is 0 Å². The van der Waals surface area contributed by atoms with E-state index < -0.39 is 17.7 Å². The van der Waals surface area contributed by atoms with Crippen molar-refractivity contribution in [1.82, 2.24) is 19.2 Å². The van der Waals surface area contributed by atoms with E-state index in [4.69, 9.17) is 4.74 Å². The summed E-state index contributed by atoms with van der Waals surface area (Å²) in [4.78, 5) is 36.8. The van der Waals surface area contributed by atoms with Crippen molar-refractivity contribution in [1.29, 1.82) is 0 Å². The van der Waals surface area contributed by atoms with Crippen LogP contribution in [0.3, 0.4) is 0 Å². The maximum Gasteiger partial charge on any atom is 0.290 e. The number of thiazole rings is 1. The second-order valence-corrected chi connectivity index (χ2v) is 10.4. The second kappa shape index (κ2) is 9.99. The minimum Gasteiger partial charge on any atom is -0.503 e. The van der Waals surface area contributed by atoms with Crippen LogP contribution in [-0.4, -0.2) is 69.8 Å². The molecule has 1 unspecified atom stereocenters. The van der Waals surface area contributed by atoms with Crippen molar-refractivity contribution in [2.75, 3.05) is 33.8 Å². The lowest BCUT2D eigenvalue weighted by Gasteiger charge is -2.27. The molecule has 2 aromatic carbocycles. The van der Waals surface area contributed by atoms with Gasteiger partial charge in [0.05, 0.1) is 34.1 Å². The van der Waals surface area contributed by atoms with E-state index in [9.17, 15) is 14.7 Å². The van der Waals surface area contributed by atoms with Gasteiger partial charge < -0.3 is 19.6 Å². The summed E-state index contributed by atoms with van der Waals surface area (Å²) in [6.07, 6.45) is 0.707. The molecular formula is C28H30N4O4S. The summed E-state index contributed by atoms with van der Waals surface area (Å²) in [5.74, 6) is -0.649. The van der Waals surface area contributed by atoms with Gasteiger partial charge in [-0.3, -0.25) is 14.0 Å². The van der Waals surface area contributed by atoms with E-state index in [1.165, 1.54) is 11.3 Å². The molecule has 0 bridgehead atoms. The van der Waals surface area contributed by atoms with Gasteiger partial charge in [-0.2, -0.15) is 0 Å². The maximum absolute atomic E-state index is 14.0. The number of imidazole rings is 1. The smallest absolute Gasteiger partial charge is 0.290 e. The van der Waals surface area contributed by atoms with Crippen LogP contribution in [0, 0.1) is 6.92 Å². The van der Waals surface area contributed by atoms with Gasteiger partial charge in [0.2, 0.25) is 5.78 Å². The van der Waals surface area contributed by atoms with Gasteiger partial charge in [-0.05, 0) is 70.7 Å². The summed E-state index contributed by atoms with van der Waals surface area (Å²) in [5, 5.41) is 11.0. The molecule has 0 saturated heterocycles. The van der Waals surface area contributed by atoms with Crippen LogP contribution in [0.25, 0.3) is 16.0 Å². The number of carbonyl (C=O) groups is 2. The summed E-state index contributed by atoms with van der Waals surface area (Å²) in [5.41, 5.74) is 3.37. The van der Waals surface area contributed by atoms with E-state index in [1.54, 1.807) is 4.90 Å². The summed E-state index contributed by atoms with van der Waals surface area (Å²) in [7, 11) is 3.94. The van der Waals surface area contributed by atoms with E-state index in [2.05, 4.69) is 4.98 Å².